The third-order valence-corrected chi connectivity index (χ3v) is 13.7. The van der Waals surface area contributed by atoms with Crippen molar-refractivity contribution < 1.29 is 73.8 Å². The molecule has 2 rings (SSSR count). The number of hydrogen-bond donors (Lipinski definition) is 7. The van der Waals surface area contributed by atoms with Gasteiger partial charge in [-0.2, -0.15) is 0 Å². The fraction of sp³-hybridized carbons (Fsp3) is 0.893. The lowest BCUT2D eigenvalue weighted by molar-refractivity contribution is -0.332. The maximum absolute atomic E-state index is 13.1. The Kier molecular flexibility index (Phi) is 39.6. The number of esters is 2. The number of unbranched alkanes of at least 4 members (excludes halogenated alkanes) is 27. The Bertz CT molecular complexity index is 1330. The fourth-order valence-corrected chi connectivity index (χ4v) is 9.01. The average molecular weight is 1020 g/mol. The maximum Gasteiger partial charge on any atom is 0.306 e. The SMILES string of the molecule is CCCCC/C=C/C/C=C/CCCCCCCCCC(=O)OC[C@H](CO[C@H]1O[C@@H](CO[C@H]2O[C@@H](CO)[C@@H](O)C(O)C2O)[C@@H](O)C(O)C1O)OC(=O)CCCCCCCCCCCCCCCCCCCC. The van der Waals surface area contributed by atoms with E-state index in [4.69, 9.17) is 28.4 Å². The summed E-state index contributed by atoms with van der Waals surface area (Å²) < 4.78 is 33.7. The number of carbonyl (C=O) groups excluding carboxylic acids is 2. The van der Waals surface area contributed by atoms with Gasteiger partial charge >= 0.3 is 11.9 Å². The molecule has 416 valence electrons. The van der Waals surface area contributed by atoms with Gasteiger partial charge in [-0.3, -0.25) is 9.59 Å². The largest absolute Gasteiger partial charge is 0.462 e. The van der Waals surface area contributed by atoms with Crippen LogP contribution in [0, 0.1) is 0 Å². The van der Waals surface area contributed by atoms with Crippen LogP contribution in [0.2, 0.25) is 0 Å². The topological polar surface area (TPSA) is 231 Å². The molecule has 0 radical (unpaired) electrons. The van der Waals surface area contributed by atoms with Crippen molar-refractivity contribution in [3.8, 4) is 0 Å². The molecular formula is C56H102O15. The quantitative estimate of drug-likeness (QED) is 0.0171. The Balaban J connectivity index is 1.77. The van der Waals surface area contributed by atoms with Gasteiger partial charge in [-0.05, 0) is 44.9 Å². The first-order valence-electron chi connectivity index (χ1n) is 28.4. The molecule has 0 saturated carbocycles. The summed E-state index contributed by atoms with van der Waals surface area (Å²) in [7, 11) is 0. The third-order valence-electron chi connectivity index (χ3n) is 13.7. The molecular weight excluding hydrogens is 913 g/mol. The number of ether oxygens (including phenoxy) is 6. The zero-order valence-electron chi connectivity index (χ0n) is 44.2. The minimum atomic E-state index is -1.76. The van der Waals surface area contributed by atoms with Crippen molar-refractivity contribution in [2.75, 3.05) is 26.4 Å². The summed E-state index contributed by atoms with van der Waals surface area (Å²) in [6.07, 6.45) is 29.1. The lowest BCUT2D eigenvalue weighted by atomic mass is 9.98. The molecule has 0 aromatic rings. The van der Waals surface area contributed by atoms with E-state index >= 15 is 0 Å². The van der Waals surface area contributed by atoms with Crippen LogP contribution in [0.15, 0.2) is 24.3 Å². The first-order valence-corrected chi connectivity index (χ1v) is 28.4. The zero-order valence-corrected chi connectivity index (χ0v) is 44.2. The molecule has 4 unspecified atom stereocenters. The van der Waals surface area contributed by atoms with E-state index in [1.165, 1.54) is 128 Å². The van der Waals surface area contributed by atoms with Gasteiger partial charge in [0.1, 0.15) is 55.4 Å². The summed E-state index contributed by atoms with van der Waals surface area (Å²) in [6, 6.07) is 0. The summed E-state index contributed by atoms with van der Waals surface area (Å²) in [5, 5.41) is 72.2. The second-order valence-electron chi connectivity index (χ2n) is 20.1. The summed E-state index contributed by atoms with van der Waals surface area (Å²) >= 11 is 0. The van der Waals surface area contributed by atoms with Gasteiger partial charge in [-0.1, -0.05) is 192 Å². The Morgan fingerprint density at radius 3 is 1.34 bits per heavy atom. The monoisotopic (exact) mass is 1010 g/mol. The molecule has 0 amide bonds. The lowest BCUT2D eigenvalue weighted by Gasteiger charge is -2.42. The van der Waals surface area contributed by atoms with Gasteiger partial charge in [-0.25, -0.2) is 0 Å². The van der Waals surface area contributed by atoms with E-state index in [9.17, 15) is 45.3 Å². The molecule has 2 aliphatic heterocycles. The summed E-state index contributed by atoms with van der Waals surface area (Å²) in [5.74, 6) is -0.922. The molecule has 15 nitrogen and oxygen atoms in total. The highest BCUT2D eigenvalue weighted by molar-refractivity contribution is 5.70. The number of hydrogen-bond acceptors (Lipinski definition) is 15. The van der Waals surface area contributed by atoms with Crippen molar-refractivity contribution in [3.05, 3.63) is 24.3 Å². The first-order chi connectivity index (χ1) is 34.5. The summed E-state index contributed by atoms with van der Waals surface area (Å²) in [5.41, 5.74) is 0. The molecule has 2 fully saturated rings. The summed E-state index contributed by atoms with van der Waals surface area (Å²) in [6.45, 7) is 2.60. The minimum Gasteiger partial charge on any atom is -0.462 e. The fourth-order valence-electron chi connectivity index (χ4n) is 9.01. The van der Waals surface area contributed by atoms with Crippen molar-refractivity contribution in [2.24, 2.45) is 0 Å². The van der Waals surface area contributed by atoms with Crippen LogP contribution in [0.4, 0.5) is 0 Å². The van der Waals surface area contributed by atoms with Gasteiger partial charge < -0.3 is 64.2 Å². The van der Waals surface area contributed by atoms with Crippen LogP contribution < -0.4 is 0 Å². The molecule has 0 aromatic carbocycles. The molecule has 2 aliphatic rings. The second kappa shape index (κ2) is 43.2. The van der Waals surface area contributed by atoms with Crippen molar-refractivity contribution in [1.29, 1.82) is 0 Å². The van der Waals surface area contributed by atoms with Crippen molar-refractivity contribution in [2.45, 2.75) is 293 Å². The predicted molar refractivity (Wildman–Crippen MR) is 275 cm³/mol. The minimum absolute atomic E-state index is 0.168. The smallest absolute Gasteiger partial charge is 0.306 e. The molecule has 0 aliphatic carbocycles. The van der Waals surface area contributed by atoms with E-state index < -0.39 is 92.7 Å². The van der Waals surface area contributed by atoms with Gasteiger partial charge in [0.25, 0.3) is 0 Å². The Morgan fingerprint density at radius 2 is 0.845 bits per heavy atom. The van der Waals surface area contributed by atoms with Gasteiger partial charge in [-0.15, -0.1) is 0 Å². The molecule has 0 aromatic heterocycles. The van der Waals surface area contributed by atoms with Crippen LogP contribution in [0.1, 0.15) is 226 Å². The maximum atomic E-state index is 13.1. The molecule has 0 spiro atoms. The molecule has 2 heterocycles. The normalized spacial score (nSPS) is 25.3. The van der Waals surface area contributed by atoms with Crippen molar-refractivity contribution >= 4 is 11.9 Å². The standard InChI is InChI=1S/C56H102O15/c1-3-5-7-9-11-13-15-17-19-21-23-25-27-29-31-33-35-37-39-48(59)69-44(41-66-47(58)38-36-34-32-30-28-26-24-22-20-18-16-14-12-10-8-6-4-2)42-67-55-54(65)52(63)50(61)46(71-55)43-68-56-53(64)51(62)49(60)45(40-57)70-56/h12,14,18,20,44-46,49-57,60-65H,3-11,13,15-17,19,21-43H2,1-2H3/b14-12+,20-18+/t44-,45+,46+,49-,50-,51?,52?,53?,54?,55+,56+/m1/s1. The Hall–Kier alpha value is -2.02. The number of allylic oxidation sites excluding steroid dienone is 4. The molecule has 15 heteroatoms. The van der Waals surface area contributed by atoms with E-state index in [0.717, 1.165) is 57.8 Å². The van der Waals surface area contributed by atoms with Crippen molar-refractivity contribution in [1.82, 2.24) is 0 Å². The van der Waals surface area contributed by atoms with Crippen LogP contribution in [0.5, 0.6) is 0 Å². The van der Waals surface area contributed by atoms with E-state index in [2.05, 4.69) is 38.2 Å². The van der Waals surface area contributed by atoms with E-state index in [-0.39, 0.29) is 26.1 Å². The molecule has 7 N–H and O–H groups in total. The molecule has 2 saturated heterocycles. The number of aliphatic hydroxyl groups is 7. The predicted octanol–water partition coefficient (Wildman–Crippen LogP) is 9.11. The number of rotatable bonds is 45. The van der Waals surface area contributed by atoms with Gasteiger partial charge in [0.05, 0.1) is 19.8 Å². The average Bonchev–Trinajstić information content (AvgIpc) is 3.36. The van der Waals surface area contributed by atoms with E-state index in [1.807, 2.05) is 0 Å². The van der Waals surface area contributed by atoms with Crippen LogP contribution in [0.3, 0.4) is 0 Å². The Morgan fingerprint density at radius 1 is 0.451 bits per heavy atom. The highest BCUT2D eigenvalue weighted by atomic mass is 16.7. The van der Waals surface area contributed by atoms with Gasteiger partial charge in [0.2, 0.25) is 0 Å². The van der Waals surface area contributed by atoms with Crippen LogP contribution in [0.25, 0.3) is 0 Å². The second-order valence-corrected chi connectivity index (χ2v) is 20.1. The van der Waals surface area contributed by atoms with Crippen LogP contribution in [-0.4, -0.2) is 142 Å². The van der Waals surface area contributed by atoms with Crippen LogP contribution >= 0.6 is 0 Å². The summed E-state index contributed by atoms with van der Waals surface area (Å²) in [4.78, 5) is 25.9. The highest BCUT2D eigenvalue weighted by Crippen LogP contribution is 2.27. The number of aliphatic hydroxyl groups excluding tert-OH is 7. The van der Waals surface area contributed by atoms with Gasteiger partial charge in [0, 0.05) is 12.8 Å². The van der Waals surface area contributed by atoms with E-state index in [0.29, 0.717) is 12.8 Å². The molecule has 71 heavy (non-hydrogen) atoms. The third kappa shape index (κ3) is 30.8. The molecule has 0 bridgehead atoms. The highest BCUT2D eigenvalue weighted by Gasteiger charge is 2.47. The van der Waals surface area contributed by atoms with E-state index in [1.54, 1.807) is 0 Å². The molecule has 11 atom stereocenters. The number of carbonyl (C=O) groups is 2. The van der Waals surface area contributed by atoms with Crippen molar-refractivity contribution in [3.63, 3.8) is 0 Å². The van der Waals surface area contributed by atoms with Crippen LogP contribution in [-0.2, 0) is 38.0 Å². The zero-order chi connectivity index (χ0) is 51.7. The Labute approximate surface area is 428 Å². The lowest BCUT2D eigenvalue weighted by Crippen LogP contribution is -2.61. The van der Waals surface area contributed by atoms with Gasteiger partial charge in [0.15, 0.2) is 18.7 Å². The first kappa shape index (κ1) is 65.1.